The molecule has 0 radical (unpaired) electrons. The molecule has 7 nitrogen and oxygen atoms in total. The summed E-state index contributed by atoms with van der Waals surface area (Å²) in [5.74, 6) is 0.874. The maximum atomic E-state index is 13.7. The summed E-state index contributed by atoms with van der Waals surface area (Å²) in [6, 6.07) is 25.5. The van der Waals surface area contributed by atoms with Gasteiger partial charge in [0, 0.05) is 62.3 Å². The molecule has 0 aliphatic rings. The van der Waals surface area contributed by atoms with E-state index in [-0.39, 0.29) is 0 Å². The number of pyridine rings is 1. The Morgan fingerprint density at radius 3 is 2.45 bits per heavy atom. The molecule has 0 spiro atoms. The van der Waals surface area contributed by atoms with Crippen molar-refractivity contribution >= 4 is 20.8 Å². The molecule has 0 bridgehead atoms. The van der Waals surface area contributed by atoms with Crippen molar-refractivity contribution in [2.24, 2.45) is 0 Å². The lowest BCUT2D eigenvalue weighted by atomic mass is 10.0. The fourth-order valence-electron chi connectivity index (χ4n) is 4.29. The molecule has 0 saturated heterocycles. The van der Waals surface area contributed by atoms with Crippen LogP contribution < -0.4 is 10.1 Å². The minimum absolute atomic E-state index is 0.314. The van der Waals surface area contributed by atoms with Crippen LogP contribution in [-0.4, -0.2) is 76.0 Å². The Morgan fingerprint density at radius 2 is 1.63 bits per heavy atom. The molecule has 0 amide bonds. The highest BCUT2D eigenvalue weighted by molar-refractivity contribution is 7.89. The molecule has 0 unspecified atom stereocenters. The first-order chi connectivity index (χ1) is 18.4. The zero-order valence-electron chi connectivity index (χ0n) is 22.1. The zero-order valence-corrected chi connectivity index (χ0v) is 22.9. The van der Waals surface area contributed by atoms with Gasteiger partial charge in [-0.15, -0.1) is 0 Å². The first-order valence-corrected chi connectivity index (χ1v) is 14.3. The van der Waals surface area contributed by atoms with Crippen molar-refractivity contribution in [2.75, 3.05) is 53.4 Å². The Hall–Kier alpha value is -3.30. The summed E-state index contributed by atoms with van der Waals surface area (Å²) >= 11 is 0. The Balaban J connectivity index is 1.34. The molecule has 1 heterocycles. The molecule has 0 atom stereocenters. The molecule has 1 N–H and O–H groups in total. The lowest BCUT2D eigenvalue weighted by Crippen LogP contribution is -2.41. The Bertz CT molecular complexity index is 1410. The van der Waals surface area contributed by atoms with Gasteiger partial charge in [-0.25, -0.2) is 8.42 Å². The van der Waals surface area contributed by atoms with Crippen molar-refractivity contribution in [1.29, 1.82) is 0 Å². The Labute approximate surface area is 226 Å². The van der Waals surface area contributed by atoms with Gasteiger partial charge in [-0.1, -0.05) is 60.7 Å². The quantitative estimate of drug-likeness (QED) is 0.247. The highest BCUT2D eigenvalue weighted by atomic mass is 32.2. The fraction of sp³-hybridized carbons (Fsp3) is 0.300. The third-order valence-corrected chi connectivity index (χ3v) is 8.30. The van der Waals surface area contributed by atoms with Gasteiger partial charge in [-0.3, -0.25) is 4.98 Å². The molecule has 0 fully saturated rings. The van der Waals surface area contributed by atoms with E-state index in [9.17, 15) is 8.42 Å². The average Bonchev–Trinajstić information content (AvgIpc) is 2.93. The monoisotopic (exact) mass is 532 g/mol. The maximum absolute atomic E-state index is 13.7. The van der Waals surface area contributed by atoms with Crippen molar-refractivity contribution in [1.82, 2.24) is 19.5 Å². The van der Waals surface area contributed by atoms with Crippen LogP contribution in [-0.2, 0) is 16.4 Å². The number of benzene rings is 3. The van der Waals surface area contributed by atoms with Gasteiger partial charge in [-0.05, 0) is 43.4 Å². The number of nitrogens with one attached hydrogen (secondary N) is 1. The van der Waals surface area contributed by atoms with E-state index in [4.69, 9.17) is 4.74 Å². The third kappa shape index (κ3) is 7.39. The normalized spacial score (nSPS) is 11.9. The number of fused-ring (bicyclic) bond motifs is 1. The second-order valence-electron chi connectivity index (χ2n) is 9.43. The minimum atomic E-state index is -3.69. The predicted octanol–water partition coefficient (Wildman–Crippen LogP) is 4.05. The average molecular weight is 533 g/mol. The molecule has 8 heteroatoms. The first kappa shape index (κ1) is 27.7. The molecule has 0 aliphatic carbocycles. The van der Waals surface area contributed by atoms with E-state index in [2.05, 4.69) is 28.5 Å². The topological polar surface area (TPSA) is 74.8 Å². The molecule has 0 aliphatic heterocycles. The largest absolute Gasteiger partial charge is 0.492 e. The summed E-state index contributed by atoms with van der Waals surface area (Å²) in [5.41, 5.74) is 2.38. The molecule has 38 heavy (non-hydrogen) atoms. The van der Waals surface area contributed by atoms with E-state index in [1.165, 1.54) is 5.56 Å². The number of para-hydroxylation sites is 1. The smallest absolute Gasteiger partial charge is 0.243 e. The van der Waals surface area contributed by atoms with Crippen LogP contribution >= 0.6 is 0 Å². The summed E-state index contributed by atoms with van der Waals surface area (Å²) < 4.78 is 35.0. The van der Waals surface area contributed by atoms with Crippen molar-refractivity contribution < 1.29 is 13.2 Å². The highest BCUT2D eigenvalue weighted by Gasteiger charge is 2.26. The van der Waals surface area contributed by atoms with E-state index < -0.39 is 10.0 Å². The Morgan fingerprint density at radius 1 is 0.842 bits per heavy atom. The molecule has 0 saturated carbocycles. The number of sulfonamides is 1. The van der Waals surface area contributed by atoms with E-state index in [0.717, 1.165) is 23.1 Å². The van der Waals surface area contributed by atoms with Gasteiger partial charge in [0.05, 0.1) is 4.90 Å². The third-order valence-electron chi connectivity index (χ3n) is 6.34. The van der Waals surface area contributed by atoms with E-state index in [1.807, 2.05) is 61.5 Å². The van der Waals surface area contributed by atoms with Gasteiger partial charge in [0.2, 0.25) is 10.0 Å². The number of hydrogen-bond donors (Lipinski definition) is 1. The molecular formula is C30H36N4O3S. The van der Waals surface area contributed by atoms with Crippen LogP contribution in [0, 0.1) is 0 Å². The summed E-state index contributed by atoms with van der Waals surface area (Å²) in [7, 11) is 0.201. The molecule has 3 aromatic carbocycles. The Kier molecular flexibility index (Phi) is 9.84. The molecular weight excluding hydrogens is 496 g/mol. The number of aromatic nitrogens is 1. The van der Waals surface area contributed by atoms with E-state index >= 15 is 0 Å². The van der Waals surface area contributed by atoms with Gasteiger partial charge >= 0.3 is 0 Å². The van der Waals surface area contributed by atoms with Crippen LogP contribution in [0.3, 0.4) is 0 Å². The number of nitrogens with zero attached hydrogens (tertiary/aromatic N) is 3. The van der Waals surface area contributed by atoms with Crippen molar-refractivity contribution in [3.8, 4) is 5.75 Å². The minimum Gasteiger partial charge on any atom is -0.492 e. The van der Waals surface area contributed by atoms with Crippen molar-refractivity contribution in [3.63, 3.8) is 0 Å². The molecule has 4 rings (SSSR count). The second-order valence-corrected chi connectivity index (χ2v) is 11.3. The van der Waals surface area contributed by atoms with Crippen molar-refractivity contribution in [3.05, 3.63) is 102 Å². The van der Waals surface area contributed by atoms with Gasteiger partial charge in [0.25, 0.3) is 0 Å². The highest BCUT2D eigenvalue weighted by Crippen LogP contribution is 2.25. The summed E-state index contributed by atoms with van der Waals surface area (Å²) in [6.45, 7) is 3.03. The lowest BCUT2D eigenvalue weighted by molar-refractivity contribution is 0.303. The van der Waals surface area contributed by atoms with E-state index in [0.29, 0.717) is 49.6 Å². The van der Waals surface area contributed by atoms with Crippen LogP contribution in [0.2, 0.25) is 0 Å². The second kappa shape index (κ2) is 13.5. The fourth-order valence-corrected chi connectivity index (χ4v) is 5.94. The maximum Gasteiger partial charge on any atom is 0.243 e. The summed E-state index contributed by atoms with van der Waals surface area (Å²) in [5, 5.41) is 4.85. The van der Waals surface area contributed by atoms with Crippen LogP contribution in [0.15, 0.2) is 96.2 Å². The molecule has 4 aromatic rings. The van der Waals surface area contributed by atoms with Crippen LogP contribution in [0.1, 0.15) is 11.1 Å². The molecule has 1 aromatic heterocycles. The summed E-state index contributed by atoms with van der Waals surface area (Å²) in [6.07, 6.45) is 4.14. The van der Waals surface area contributed by atoms with Crippen LogP contribution in [0.25, 0.3) is 10.8 Å². The van der Waals surface area contributed by atoms with E-state index in [1.54, 1.807) is 34.9 Å². The van der Waals surface area contributed by atoms with Gasteiger partial charge in [0.1, 0.15) is 12.4 Å². The van der Waals surface area contributed by atoms with Gasteiger partial charge in [-0.2, -0.15) is 4.31 Å². The standard InChI is InChI=1S/C30H36N4O3S/c1-33(2)20-21-34(38(35,36)30-14-8-12-27-24-32-16-15-28(27)30)19-17-31-18-22-37-29-13-7-6-11-26(29)23-25-9-4-3-5-10-25/h3-16,24,31H,17-23H2,1-2H3. The number of likely N-dealkylation sites (N-methyl/N-ethyl adjacent to an activating group) is 1. The van der Waals surface area contributed by atoms with Gasteiger partial charge < -0.3 is 15.0 Å². The van der Waals surface area contributed by atoms with Crippen LogP contribution in [0.4, 0.5) is 0 Å². The number of ether oxygens (including phenoxy) is 1. The van der Waals surface area contributed by atoms with Crippen molar-refractivity contribution in [2.45, 2.75) is 11.3 Å². The molecule has 200 valence electrons. The number of rotatable bonds is 14. The van der Waals surface area contributed by atoms with Crippen LogP contribution in [0.5, 0.6) is 5.75 Å². The lowest BCUT2D eigenvalue weighted by Gasteiger charge is -2.24. The summed E-state index contributed by atoms with van der Waals surface area (Å²) in [4.78, 5) is 6.43. The zero-order chi connectivity index (χ0) is 26.8. The van der Waals surface area contributed by atoms with Gasteiger partial charge in [0.15, 0.2) is 0 Å². The first-order valence-electron chi connectivity index (χ1n) is 12.9. The SMILES string of the molecule is CN(C)CCN(CCNCCOc1ccccc1Cc1ccccc1)S(=O)(=O)c1cccc2cnccc12. The number of hydrogen-bond acceptors (Lipinski definition) is 6. The predicted molar refractivity (Wildman–Crippen MR) is 153 cm³/mol.